The maximum atomic E-state index is 9.68. The van der Waals surface area contributed by atoms with Crippen molar-refractivity contribution >= 4 is 0 Å². The van der Waals surface area contributed by atoms with Crippen LogP contribution in [0, 0.1) is 11.8 Å². The van der Waals surface area contributed by atoms with Crippen LogP contribution in [0.5, 0.6) is 0 Å². The SMILES string of the molecule is CCC1CC(CNCC2CNCC2O)CCO1. The van der Waals surface area contributed by atoms with Crippen molar-refractivity contribution in [2.45, 2.75) is 38.4 Å². The molecule has 0 saturated carbocycles. The van der Waals surface area contributed by atoms with Gasteiger partial charge in [0.25, 0.3) is 0 Å². The van der Waals surface area contributed by atoms with Gasteiger partial charge >= 0.3 is 0 Å². The van der Waals surface area contributed by atoms with Crippen LogP contribution in [0.15, 0.2) is 0 Å². The summed E-state index contributed by atoms with van der Waals surface area (Å²) in [6.45, 7) is 6.81. The van der Waals surface area contributed by atoms with Gasteiger partial charge in [-0.25, -0.2) is 0 Å². The third kappa shape index (κ3) is 3.91. The number of aliphatic hydroxyl groups is 1. The smallest absolute Gasteiger partial charge is 0.0716 e. The summed E-state index contributed by atoms with van der Waals surface area (Å²) in [6.07, 6.45) is 3.79. The van der Waals surface area contributed by atoms with Gasteiger partial charge in [-0.3, -0.25) is 0 Å². The van der Waals surface area contributed by atoms with Crippen LogP contribution in [0.4, 0.5) is 0 Å². The van der Waals surface area contributed by atoms with Crippen LogP contribution < -0.4 is 10.6 Å². The molecule has 17 heavy (non-hydrogen) atoms. The molecule has 100 valence electrons. The van der Waals surface area contributed by atoms with Crippen molar-refractivity contribution in [1.82, 2.24) is 10.6 Å². The monoisotopic (exact) mass is 242 g/mol. The molecule has 2 heterocycles. The van der Waals surface area contributed by atoms with E-state index in [9.17, 15) is 5.11 Å². The van der Waals surface area contributed by atoms with Gasteiger partial charge in [0, 0.05) is 32.2 Å². The molecule has 0 aromatic carbocycles. The highest BCUT2D eigenvalue weighted by Crippen LogP contribution is 2.21. The van der Waals surface area contributed by atoms with Crippen molar-refractivity contribution in [3.05, 3.63) is 0 Å². The van der Waals surface area contributed by atoms with Crippen molar-refractivity contribution in [3.63, 3.8) is 0 Å². The van der Waals surface area contributed by atoms with Crippen molar-refractivity contribution in [3.8, 4) is 0 Å². The summed E-state index contributed by atoms with van der Waals surface area (Å²) in [6, 6.07) is 0. The first-order valence-corrected chi connectivity index (χ1v) is 7.00. The fourth-order valence-corrected chi connectivity index (χ4v) is 2.83. The van der Waals surface area contributed by atoms with E-state index >= 15 is 0 Å². The Kier molecular flexibility index (Phi) is 5.22. The lowest BCUT2D eigenvalue weighted by Crippen LogP contribution is -2.36. The third-order valence-electron chi connectivity index (χ3n) is 4.07. The molecule has 4 heteroatoms. The Morgan fingerprint density at radius 2 is 2.24 bits per heavy atom. The molecule has 2 rings (SSSR count). The number of rotatable bonds is 5. The zero-order valence-corrected chi connectivity index (χ0v) is 10.8. The Hall–Kier alpha value is -0.160. The van der Waals surface area contributed by atoms with E-state index in [2.05, 4.69) is 17.6 Å². The molecule has 0 aromatic heterocycles. The molecule has 2 aliphatic heterocycles. The van der Waals surface area contributed by atoms with Gasteiger partial charge in [0.15, 0.2) is 0 Å². The molecule has 4 unspecified atom stereocenters. The van der Waals surface area contributed by atoms with Crippen molar-refractivity contribution in [2.75, 3.05) is 32.8 Å². The molecule has 3 N–H and O–H groups in total. The lowest BCUT2D eigenvalue weighted by Gasteiger charge is -2.29. The standard InChI is InChI=1S/C13H26N2O2/c1-2-12-5-10(3-4-17-12)6-14-7-11-8-15-9-13(11)16/h10-16H,2-9H2,1H3. The minimum absolute atomic E-state index is 0.166. The van der Waals surface area contributed by atoms with Gasteiger partial charge in [-0.2, -0.15) is 0 Å². The molecule has 0 amide bonds. The molecular formula is C13H26N2O2. The number of aliphatic hydroxyl groups excluding tert-OH is 1. The number of hydrogen-bond acceptors (Lipinski definition) is 4. The number of nitrogens with one attached hydrogen (secondary N) is 2. The molecule has 2 aliphatic rings. The van der Waals surface area contributed by atoms with Crippen LogP contribution in [0.25, 0.3) is 0 Å². The second kappa shape index (κ2) is 6.69. The number of ether oxygens (including phenoxy) is 1. The first kappa shape index (κ1) is 13.3. The largest absolute Gasteiger partial charge is 0.391 e. The van der Waals surface area contributed by atoms with E-state index in [1.165, 1.54) is 12.8 Å². The molecule has 2 fully saturated rings. The minimum Gasteiger partial charge on any atom is -0.391 e. The first-order chi connectivity index (χ1) is 8.29. The van der Waals surface area contributed by atoms with Gasteiger partial charge < -0.3 is 20.5 Å². The van der Waals surface area contributed by atoms with Crippen LogP contribution in [-0.4, -0.2) is 50.1 Å². The summed E-state index contributed by atoms with van der Waals surface area (Å²) in [4.78, 5) is 0. The number of β-amino-alcohol motifs (C(OH)–C–C–N with tert-alkyl or cyclic N) is 1. The van der Waals surface area contributed by atoms with Gasteiger partial charge in [-0.1, -0.05) is 6.92 Å². The van der Waals surface area contributed by atoms with E-state index in [4.69, 9.17) is 4.74 Å². The Labute approximate surface area is 104 Å². The van der Waals surface area contributed by atoms with Crippen molar-refractivity contribution in [2.24, 2.45) is 11.8 Å². The summed E-state index contributed by atoms with van der Waals surface area (Å²) >= 11 is 0. The second-order valence-electron chi connectivity index (χ2n) is 5.44. The zero-order valence-electron chi connectivity index (χ0n) is 10.8. The van der Waals surface area contributed by atoms with Gasteiger partial charge in [0.2, 0.25) is 0 Å². The molecule has 4 atom stereocenters. The Morgan fingerprint density at radius 3 is 2.94 bits per heavy atom. The van der Waals surface area contributed by atoms with Gasteiger partial charge in [0.1, 0.15) is 0 Å². The second-order valence-corrected chi connectivity index (χ2v) is 5.44. The molecule has 0 aromatic rings. The van der Waals surface area contributed by atoms with E-state index in [0.717, 1.165) is 45.1 Å². The molecular weight excluding hydrogens is 216 g/mol. The van der Waals surface area contributed by atoms with E-state index in [1.807, 2.05) is 0 Å². The topological polar surface area (TPSA) is 53.5 Å². The van der Waals surface area contributed by atoms with E-state index in [-0.39, 0.29) is 6.10 Å². The molecule has 0 aliphatic carbocycles. The minimum atomic E-state index is -0.166. The lowest BCUT2D eigenvalue weighted by molar-refractivity contribution is -0.0103. The van der Waals surface area contributed by atoms with Crippen LogP contribution in [-0.2, 0) is 4.74 Å². The van der Waals surface area contributed by atoms with E-state index < -0.39 is 0 Å². The quantitative estimate of drug-likeness (QED) is 0.652. The molecule has 4 nitrogen and oxygen atoms in total. The van der Waals surface area contributed by atoms with E-state index in [0.29, 0.717) is 12.0 Å². The van der Waals surface area contributed by atoms with Crippen LogP contribution in [0.3, 0.4) is 0 Å². The van der Waals surface area contributed by atoms with Gasteiger partial charge in [-0.05, 0) is 31.7 Å². The fourth-order valence-electron chi connectivity index (χ4n) is 2.83. The van der Waals surface area contributed by atoms with Crippen molar-refractivity contribution in [1.29, 1.82) is 0 Å². The Morgan fingerprint density at radius 1 is 1.35 bits per heavy atom. The predicted molar refractivity (Wildman–Crippen MR) is 68.0 cm³/mol. The van der Waals surface area contributed by atoms with Gasteiger partial charge in [-0.15, -0.1) is 0 Å². The molecule has 0 radical (unpaired) electrons. The molecule has 0 bridgehead atoms. The Bertz CT molecular complexity index is 225. The number of hydrogen-bond donors (Lipinski definition) is 3. The van der Waals surface area contributed by atoms with Crippen LogP contribution >= 0.6 is 0 Å². The highest BCUT2D eigenvalue weighted by Gasteiger charge is 2.25. The summed E-state index contributed by atoms with van der Waals surface area (Å²) in [5, 5.41) is 16.4. The normalized spacial score (nSPS) is 38.5. The average molecular weight is 242 g/mol. The summed E-state index contributed by atoms with van der Waals surface area (Å²) in [7, 11) is 0. The Balaban J connectivity index is 1.61. The summed E-state index contributed by atoms with van der Waals surface area (Å²) in [5.41, 5.74) is 0. The van der Waals surface area contributed by atoms with Crippen LogP contribution in [0.1, 0.15) is 26.2 Å². The summed E-state index contributed by atoms with van der Waals surface area (Å²) < 4.78 is 5.68. The van der Waals surface area contributed by atoms with Gasteiger partial charge in [0.05, 0.1) is 12.2 Å². The maximum Gasteiger partial charge on any atom is 0.0716 e. The van der Waals surface area contributed by atoms with Crippen molar-refractivity contribution < 1.29 is 9.84 Å². The predicted octanol–water partition coefficient (Wildman–Crippen LogP) is 0.362. The average Bonchev–Trinajstić information content (AvgIpc) is 2.76. The highest BCUT2D eigenvalue weighted by molar-refractivity contribution is 4.82. The molecule has 2 saturated heterocycles. The maximum absolute atomic E-state index is 9.68. The lowest BCUT2D eigenvalue weighted by atomic mass is 9.94. The van der Waals surface area contributed by atoms with E-state index in [1.54, 1.807) is 0 Å². The zero-order chi connectivity index (χ0) is 12.1. The summed E-state index contributed by atoms with van der Waals surface area (Å²) in [5.74, 6) is 1.14. The molecule has 0 spiro atoms. The third-order valence-corrected chi connectivity index (χ3v) is 4.07. The first-order valence-electron chi connectivity index (χ1n) is 7.00. The highest BCUT2D eigenvalue weighted by atomic mass is 16.5. The van der Waals surface area contributed by atoms with Crippen LogP contribution in [0.2, 0.25) is 0 Å². The fraction of sp³-hybridized carbons (Fsp3) is 1.00.